The molecular formula is C40H31N3. The van der Waals surface area contributed by atoms with Crippen molar-refractivity contribution in [1.29, 1.82) is 0 Å². The first kappa shape index (κ1) is 24.6. The summed E-state index contributed by atoms with van der Waals surface area (Å²) in [5.41, 5.74) is 13.2. The molecule has 3 heteroatoms. The molecule has 0 unspecified atom stereocenters. The monoisotopic (exact) mass is 553 g/mol. The van der Waals surface area contributed by atoms with Crippen LogP contribution in [-0.2, 0) is 10.8 Å². The summed E-state index contributed by atoms with van der Waals surface area (Å²) in [4.78, 5) is 10.7. The maximum absolute atomic E-state index is 5.44. The van der Waals surface area contributed by atoms with Gasteiger partial charge in [-0.05, 0) is 51.6 Å². The van der Waals surface area contributed by atoms with E-state index in [9.17, 15) is 0 Å². The van der Waals surface area contributed by atoms with Gasteiger partial charge in [0, 0.05) is 32.7 Å². The minimum atomic E-state index is -0.254. The zero-order valence-corrected chi connectivity index (χ0v) is 24.8. The van der Waals surface area contributed by atoms with Crippen LogP contribution in [0.2, 0.25) is 0 Å². The molecule has 0 bridgehead atoms. The average Bonchev–Trinajstić information content (AvgIpc) is 3.57. The predicted molar refractivity (Wildman–Crippen MR) is 177 cm³/mol. The molecule has 2 aromatic heterocycles. The van der Waals surface area contributed by atoms with Crippen molar-refractivity contribution in [2.24, 2.45) is 0 Å². The Labute approximate surface area is 251 Å². The molecule has 0 fully saturated rings. The summed E-state index contributed by atoms with van der Waals surface area (Å²) >= 11 is 0. The van der Waals surface area contributed by atoms with Crippen molar-refractivity contribution in [2.75, 3.05) is 0 Å². The summed E-state index contributed by atoms with van der Waals surface area (Å²) in [6, 6.07) is 41.7. The molecule has 7 aromatic rings. The van der Waals surface area contributed by atoms with E-state index in [0.717, 1.165) is 34.0 Å². The Bertz CT molecular complexity index is 2290. The molecule has 0 radical (unpaired) electrons. The number of nitrogens with zero attached hydrogens (tertiary/aromatic N) is 3. The van der Waals surface area contributed by atoms with E-state index in [2.05, 4.69) is 141 Å². The Hall–Kier alpha value is -5.02. The summed E-state index contributed by atoms with van der Waals surface area (Å²) in [6.45, 7) is 9.29. The first-order valence-electron chi connectivity index (χ1n) is 15.1. The van der Waals surface area contributed by atoms with Crippen LogP contribution in [0.1, 0.15) is 50.1 Å². The van der Waals surface area contributed by atoms with Crippen LogP contribution in [-0.4, -0.2) is 14.5 Å². The first-order chi connectivity index (χ1) is 20.9. The van der Waals surface area contributed by atoms with Gasteiger partial charge in [0.1, 0.15) is 5.82 Å². The largest absolute Gasteiger partial charge is 0.293 e. The fraction of sp³-hybridized carbons (Fsp3) is 0.150. The van der Waals surface area contributed by atoms with Gasteiger partial charge < -0.3 is 0 Å². The number of fused-ring (bicyclic) bond motifs is 9. The van der Waals surface area contributed by atoms with Crippen molar-refractivity contribution in [3.05, 3.63) is 138 Å². The van der Waals surface area contributed by atoms with Crippen LogP contribution in [0.3, 0.4) is 0 Å². The fourth-order valence-corrected chi connectivity index (χ4v) is 7.79. The number of rotatable bonds is 2. The van der Waals surface area contributed by atoms with Gasteiger partial charge in [-0.15, -0.1) is 0 Å². The van der Waals surface area contributed by atoms with Gasteiger partial charge in [0.25, 0.3) is 0 Å². The van der Waals surface area contributed by atoms with Crippen LogP contribution in [0.4, 0.5) is 0 Å². The van der Waals surface area contributed by atoms with E-state index >= 15 is 0 Å². The molecule has 0 N–H and O–H groups in total. The van der Waals surface area contributed by atoms with Crippen molar-refractivity contribution in [2.45, 2.75) is 38.5 Å². The van der Waals surface area contributed by atoms with E-state index in [0.29, 0.717) is 0 Å². The fourth-order valence-electron chi connectivity index (χ4n) is 7.79. The Morgan fingerprint density at radius 2 is 1.16 bits per heavy atom. The van der Waals surface area contributed by atoms with Gasteiger partial charge in [0.2, 0.25) is 0 Å². The molecule has 2 heterocycles. The third-order valence-electron chi connectivity index (χ3n) is 9.97. The molecular weight excluding hydrogens is 522 g/mol. The van der Waals surface area contributed by atoms with Crippen molar-refractivity contribution >= 4 is 21.8 Å². The van der Waals surface area contributed by atoms with Crippen molar-refractivity contribution in [1.82, 2.24) is 14.5 Å². The SMILES string of the molecule is CC1(C)c2ccccc2-c2cc3c(cc21)c1ccccc1n3-c1nc(-c2ccccc2)nc2c1-c1ccccc1C2(C)C. The van der Waals surface area contributed by atoms with E-state index in [1.807, 2.05) is 6.07 Å². The molecule has 9 rings (SSSR count). The summed E-state index contributed by atoms with van der Waals surface area (Å²) in [5.74, 6) is 1.70. The minimum absolute atomic E-state index is 0.0665. The van der Waals surface area contributed by atoms with E-state index in [4.69, 9.17) is 9.97 Å². The van der Waals surface area contributed by atoms with Crippen molar-refractivity contribution in [3.63, 3.8) is 0 Å². The van der Waals surface area contributed by atoms with E-state index < -0.39 is 0 Å². The Morgan fingerprint density at radius 3 is 1.95 bits per heavy atom. The van der Waals surface area contributed by atoms with Gasteiger partial charge in [-0.2, -0.15) is 0 Å². The second kappa shape index (κ2) is 8.29. The van der Waals surface area contributed by atoms with Crippen LogP contribution in [0.25, 0.3) is 61.3 Å². The van der Waals surface area contributed by atoms with Crippen molar-refractivity contribution < 1.29 is 0 Å². The molecule has 0 atom stereocenters. The highest BCUT2D eigenvalue weighted by atomic mass is 15.1. The number of aromatic nitrogens is 3. The second-order valence-corrected chi connectivity index (χ2v) is 13.1. The Balaban J connectivity index is 1.45. The summed E-state index contributed by atoms with van der Waals surface area (Å²) < 4.78 is 2.41. The smallest absolute Gasteiger partial charge is 0.161 e. The lowest BCUT2D eigenvalue weighted by Crippen LogP contribution is -2.18. The molecule has 0 amide bonds. The zero-order valence-electron chi connectivity index (χ0n) is 24.8. The summed E-state index contributed by atoms with van der Waals surface area (Å²) in [7, 11) is 0. The van der Waals surface area contributed by atoms with Crippen LogP contribution in [0.15, 0.2) is 115 Å². The lowest BCUT2D eigenvalue weighted by molar-refractivity contribution is 0.635. The van der Waals surface area contributed by atoms with E-state index in [1.54, 1.807) is 0 Å². The standard InChI is InChI=1S/C40H31N3/c1-39(2)30-19-11-8-16-25(30)28-23-34-29(22-32(28)39)26-17-10-13-21-33(26)43(34)38-35-27-18-9-12-20-31(27)40(3,4)36(35)41-37(42-38)24-14-6-5-7-15-24/h5-23H,1-4H3. The summed E-state index contributed by atoms with van der Waals surface area (Å²) in [5, 5.41) is 2.50. The molecule has 43 heavy (non-hydrogen) atoms. The number of para-hydroxylation sites is 1. The first-order valence-corrected chi connectivity index (χ1v) is 15.1. The molecule has 2 aliphatic carbocycles. The van der Waals surface area contributed by atoms with Gasteiger partial charge >= 0.3 is 0 Å². The van der Waals surface area contributed by atoms with Gasteiger partial charge in [0.15, 0.2) is 5.82 Å². The maximum atomic E-state index is 5.44. The average molecular weight is 554 g/mol. The molecule has 0 spiro atoms. The predicted octanol–water partition coefficient (Wildman–Crippen LogP) is 9.85. The Morgan fingerprint density at radius 1 is 0.512 bits per heavy atom. The van der Waals surface area contributed by atoms with Gasteiger partial charge in [0.05, 0.1) is 16.7 Å². The molecule has 5 aromatic carbocycles. The third-order valence-corrected chi connectivity index (χ3v) is 9.97. The number of hydrogen-bond acceptors (Lipinski definition) is 2. The topological polar surface area (TPSA) is 30.7 Å². The molecule has 206 valence electrons. The zero-order chi connectivity index (χ0) is 29.1. The normalized spacial score (nSPS) is 15.3. The maximum Gasteiger partial charge on any atom is 0.161 e. The van der Waals surface area contributed by atoms with E-state index in [1.165, 1.54) is 49.7 Å². The van der Waals surface area contributed by atoms with Crippen LogP contribution < -0.4 is 0 Å². The number of hydrogen-bond donors (Lipinski definition) is 0. The second-order valence-electron chi connectivity index (χ2n) is 13.1. The summed E-state index contributed by atoms with van der Waals surface area (Å²) in [6.07, 6.45) is 0. The van der Waals surface area contributed by atoms with Crippen molar-refractivity contribution in [3.8, 4) is 39.5 Å². The highest BCUT2D eigenvalue weighted by Gasteiger charge is 2.41. The van der Waals surface area contributed by atoms with Gasteiger partial charge in [-0.3, -0.25) is 4.57 Å². The lowest BCUT2D eigenvalue weighted by atomic mass is 9.82. The van der Waals surface area contributed by atoms with E-state index in [-0.39, 0.29) is 10.8 Å². The number of benzene rings is 5. The molecule has 0 aliphatic heterocycles. The van der Waals surface area contributed by atoms with Gasteiger partial charge in [-0.1, -0.05) is 125 Å². The third kappa shape index (κ3) is 3.14. The van der Waals surface area contributed by atoms with Crippen LogP contribution in [0, 0.1) is 0 Å². The molecule has 2 aliphatic rings. The van der Waals surface area contributed by atoms with Crippen LogP contribution >= 0.6 is 0 Å². The molecule has 0 saturated heterocycles. The highest BCUT2D eigenvalue weighted by Crippen LogP contribution is 2.53. The Kier molecular flexibility index (Phi) is 4.74. The quantitative estimate of drug-likeness (QED) is 0.213. The molecule has 0 saturated carbocycles. The highest BCUT2D eigenvalue weighted by molar-refractivity contribution is 6.12. The minimum Gasteiger partial charge on any atom is -0.293 e. The van der Waals surface area contributed by atoms with Crippen LogP contribution in [0.5, 0.6) is 0 Å². The van der Waals surface area contributed by atoms with Gasteiger partial charge in [-0.25, -0.2) is 9.97 Å². The lowest BCUT2D eigenvalue weighted by Gasteiger charge is -2.22. The molecule has 3 nitrogen and oxygen atoms in total.